The van der Waals surface area contributed by atoms with Crippen LogP contribution < -0.4 is 5.32 Å². The molecular formula is C19H25Cl2N7O. The predicted octanol–water partition coefficient (Wildman–Crippen LogP) is 2.65. The summed E-state index contributed by atoms with van der Waals surface area (Å²) in [6.45, 7) is 5.75. The first kappa shape index (κ1) is 21.7. The number of halogens is 2. The lowest BCUT2D eigenvalue weighted by Gasteiger charge is -2.30. The summed E-state index contributed by atoms with van der Waals surface area (Å²) < 4.78 is 7.71. The van der Waals surface area contributed by atoms with Crippen LogP contribution >= 0.6 is 24.8 Å². The van der Waals surface area contributed by atoms with Crippen LogP contribution in [0.4, 0.5) is 0 Å². The fourth-order valence-electron chi connectivity index (χ4n) is 3.97. The van der Waals surface area contributed by atoms with Crippen LogP contribution in [-0.2, 0) is 19.6 Å². The Morgan fingerprint density at radius 2 is 2.17 bits per heavy atom. The summed E-state index contributed by atoms with van der Waals surface area (Å²) >= 11 is 0. The van der Waals surface area contributed by atoms with Crippen LogP contribution in [0.2, 0.25) is 0 Å². The molecule has 29 heavy (non-hydrogen) atoms. The van der Waals surface area contributed by atoms with Gasteiger partial charge in [0.1, 0.15) is 0 Å². The van der Waals surface area contributed by atoms with Crippen molar-refractivity contribution in [3.63, 3.8) is 0 Å². The number of aromatic nitrogens is 5. The van der Waals surface area contributed by atoms with Crippen LogP contribution in [0, 0.1) is 0 Å². The number of nitrogens with zero attached hydrogens (tertiary/aromatic N) is 6. The molecule has 1 unspecified atom stereocenters. The van der Waals surface area contributed by atoms with Gasteiger partial charge in [-0.2, -0.15) is 10.1 Å². The molecule has 5 rings (SSSR count). The Balaban J connectivity index is 0.00000120. The highest BCUT2D eigenvalue weighted by molar-refractivity contribution is 5.85. The minimum atomic E-state index is 0. The number of nitrogens with one attached hydrogen (secondary N) is 1. The summed E-state index contributed by atoms with van der Waals surface area (Å²) in [5.74, 6) is 1.62. The Labute approximate surface area is 181 Å². The number of hydrogen-bond acceptors (Lipinski definition) is 7. The topological polar surface area (TPSA) is 84.9 Å². The van der Waals surface area contributed by atoms with Gasteiger partial charge in [0.05, 0.1) is 23.9 Å². The summed E-state index contributed by atoms with van der Waals surface area (Å²) in [5, 5.41) is 12.3. The van der Waals surface area contributed by atoms with E-state index in [1.165, 1.54) is 5.69 Å². The van der Waals surface area contributed by atoms with E-state index in [9.17, 15) is 0 Å². The maximum atomic E-state index is 5.58. The van der Waals surface area contributed by atoms with Crippen LogP contribution in [0.15, 0.2) is 35.1 Å². The Morgan fingerprint density at radius 3 is 3.00 bits per heavy atom. The van der Waals surface area contributed by atoms with E-state index in [1.807, 2.05) is 12.1 Å². The maximum Gasteiger partial charge on any atom is 0.231 e. The largest absolute Gasteiger partial charge is 0.339 e. The predicted molar refractivity (Wildman–Crippen MR) is 113 cm³/mol. The molecule has 1 saturated heterocycles. The molecule has 0 radical (unpaired) electrons. The Hall–Kier alpha value is -2.00. The molecular weight excluding hydrogens is 413 g/mol. The fourth-order valence-corrected chi connectivity index (χ4v) is 3.97. The first-order valence-electron chi connectivity index (χ1n) is 9.58. The quantitative estimate of drug-likeness (QED) is 0.671. The fraction of sp³-hybridized carbons (Fsp3) is 0.474. The zero-order chi connectivity index (χ0) is 18.1. The van der Waals surface area contributed by atoms with Gasteiger partial charge in [0.2, 0.25) is 11.7 Å². The van der Waals surface area contributed by atoms with E-state index < -0.39 is 0 Å². The minimum Gasteiger partial charge on any atom is -0.339 e. The summed E-state index contributed by atoms with van der Waals surface area (Å²) in [4.78, 5) is 11.2. The third kappa shape index (κ3) is 4.78. The molecule has 1 atom stereocenters. The van der Waals surface area contributed by atoms with Crippen molar-refractivity contribution >= 4 is 24.8 Å². The van der Waals surface area contributed by atoms with Gasteiger partial charge >= 0.3 is 0 Å². The van der Waals surface area contributed by atoms with E-state index in [0.29, 0.717) is 5.82 Å². The van der Waals surface area contributed by atoms with Gasteiger partial charge in [0.25, 0.3) is 0 Å². The lowest BCUT2D eigenvalue weighted by Crippen LogP contribution is -2.34. The first-order chi connectivity index (χ1) is 13.3. The van der Waals surface area contributed by atoms with Crippen molar-refractivity contribution in [1.29, 1.82) is 0 Å². The van der Waals surface area contributed by atoms with Gasteiger partial charge in [-0.3, -0.25) is 14.6 Å². The molecule has 3 aromatic rings. The zero-order valence-corrected chi connectivity index (χ0v) is 17.7. The second kappa shape index (κ2) is 9.67. The number of piperidine rings is 1. The van der Waals surface area contributed by atoms with Crippen molar-refractivity contribution in [2.45, 2.75) is 38.4 Å². The Bertz CT molecular complexity index is 891. The summed E-state index contributed by atoms with van der Waals surface area (Å²) in [5.41, 5.74) is 3.32. The van der Waals surface area contributed by atoms with E-state index in [0.717, 1.165) is 69.3 Å². The highest BCUT2D eigenvalue weighted by atomic mass is 35.5. The maximum absolute atomic E-state index is 5.58. The van der Waals surface area contributed by atoms with Crippen molar-refractivity contribution in [3.05, 3.63) is 47.9 Å². The van der Waals surface area contributed by atoms with Gasteiger partial charge in [0, 0.05) is 44.1 Å². The van der Waals surface area contributed by atoms with Crippen LogP contribution in [-0.4, -0.2) is 49.4 Å². The van der Waals surface area contributed by atoms with E-state index in [-0.39, 0.29) is 30.7 Å². The molecule has 5 heterocycles. The normalized spacial score (nSPS) is 19.1. The Morgan fingerprint density at radius 1 is 1.24 bits per heavy atom. The van der Waals surface area contributed by atoms with Gasteiger partial charge in [-0.1, -0.05) is 5.16 Å². The molecule has 0 spiro atoms. The number of fused-ring (bicyclic) bond motifs is 1. The van der Waals surface area contributed by atoms with Gasteiger partial charge in [-0.25, -0.2) is 0 Å². The minimum absolute atomic E-state index is 0. The molecule has 1 fully saturated rings. The van der Waals surface area contributed by atoms with Crippen LogP contribution in [0.3, 0.4) is 0 Å². The smallest absolute Gasteiger partial charge is 0.231 e. The second-order valence-corrected chi connectivity index (χ2v) is 7.30. The van der Waals surface area contributed by atoms with Gasteiger partial charge in [-0.15, -0.1) is 24.8 Å². The number of rotatable bonds is 4. The van der Waals surface area contributed by atoms with E-state index in [4.69, 9.17) is 9.62 Å². The highest BCUT2D eigenvalue weighted by Crippen LogP contribution is 2.28. The van der Waals surface area contributed by atoms with Crippen molar-refractivity contribution in [3.8, 4) is 11.4 Å². The molecule has 8 nitrogen and oxygen atoms in total. The van der Waals surface area contributed by atoms with E-state index in [2.05, 4.69) is 36.1 Å². The standard InChI is InChI=1S/C19H23N7O.2ClH/c1-3-14(10-20-5-1)18-22-19(27-24-18)15-4-2-7-25(12-15)13-16-9-17-11-21-6-8-26(17)23-16;;/h1,3,5,9-10,15,21H,2,4,6-8,11-13H2;2*1H. The molecule has 0 aliphatic carbocycles. The Kier molecular flexibility index (Phi) is 7.23. The van der Waals surface area contributed by atoms with E-state index >= 15 is 0 Å². The molecule has 1 N–H and O–H groups in total. The molecule has 156 valence electrons. The molecule has 2 aliphatic rings. The van der Waals surface area contributed by atoms with Gasteiger partial charge in [-0.05, 0) is 37.6 Å². The summed E-state index contributed by atoms with van der Waals surface area (Å²) in [7, 11) is 0. The summed E-state index contributed by atoms with van der Waals surface area (Å²) in [6.07, 6.45) is 5.71. The van der Waals surface area contributed by atoms with Crippen molar-refractivity contribution in [1.82, 2.24) is 35.1 Å². The first-order valence-corrected chi connectivity index (χ1v) is 9.58. The van der Waals surface area contributed by atoms with Crippen molar-refractivity contribution < 1.29 is 4.52 Å². The molecule has 3 aromatic heterocycles. The number of pyridine rings is 1. The highest BCUT2D eigenvalue weighted by Gasteiger charge is 2.27. The number of hydrogen-bond donors (Lipinski definition) is 1. The molecule has 0 aromatic carbocycles. The van der Waals surface area contributed by atoms with Gasteiger partial charge in [0.15, 0.2) is 0 Å². The van der Waals surface area contributed by atoms with Gasteiger partial charge < -0.3 is 9.84 Å². The SMILES string of the molecule is Cl.Cl.c1cncc(-c2noc(C3CCCN(Cc4cc5n(n4)CCNC5)C3)n2)c1. The monoisotopic (exact) mass is 437 g/mol. The van der Waals surface area contributed by atoms with Crippen LogP contribution in [0.1, 0.15) is 36.0 Å². The van der Waals surface area contributed by atoms with Crippen molar-refractivity contribution in [2.75, 3.05) is 19.6 Å². The van der Waals surface area contributed by atoms with Crippen molar-refractivity contribution in [2.24, 2.45) is 0 Å². The average molecular weight is 438 g/mol. The van der Waals surface area contributed by atoms with Crippen LogP contribution in [0.5, 0.6) is 0 Å². The molecule has 0 amide bonds. The lowest BCUT2D eigenvalue weighted by molar-refractivity contribution is 0.178. The summed E-state index contributed by atoms with van der Waals surface area (Å²) in [6, 6.07) is 6.06. The third-order valence-electron chi connectivity index (χ3n) is 5.32. The average Bonchev–Trinajstić information content (AvgIpc) is 3.36. The zero-order valence-electron chi connectivity index (χ0n) is 16.0. The van der Waals surface area contributed by atoms with Crippen LogP contribution in [0.25, 0.3) is 11.4 Å². The third-order valence-corrected chi connectivity index (χ3v) is 5.32. The lowest BCUT2D eigenvalue weighted by atomic mass is 9.98. The van der Waals surface area contributed by atoms with E-state index in [1.54, 1.807) is 12.4 Å². The number of likely N-dealkylation sites (tertiary alicyclic amines) is 1. The molecule has 10 heteroatoms. The molecule has 0 saturated carbocycles. The molecule has 2 aliphatic heterocycles. The molecule has 0 bridgehead atoms. The second-order valence-electron chi connectivity index (χ2n) is 7.30.